The van der Waals surface area contributed by atoms with Crippen molar-refractivity contribution in [2.45, 2.75) is 26.3 Å². The molecule has 0 fully saturated rings. The second-order valence-corrected chi connectivity index (χ2v) is 3.75. The van der Waals surface area contributed by atoms with E-state index in [1.54, 1.807) is 0 Å². The van der Waals surface area contributed by atoms with Gasteiger partial charge >= 0.3 is 0 Å². The van der Waals surface area contributed by atoms with E-state index in [9.17, 15) is 0 Å². The van der Waals surface area contributed by atoms with E-state index >= 15 is 0 Å². The Morgan fingerprint density at radius 3 is 2.57 bits per heavy atom. The van der Waals surface area contributed by atoms with Gasteiger partial charge in [0, 0.05) is 20.1 Å². The van der Waals surface area contributed by atoms with Crippen LogP contribution in [0.15, 0.2) is 18.3 Å². The molecular formula is C11H19N3. The molecule has 0 aliphatic rings. The summed E-state index contributed by atoms with van der Waals surface area (Å²) in [5.74, 6) is 0.949. The molecule has 0 saturated heterocycles. The first-order valence-corrected chi connectivity index (χ1v) is 5.03. The minimum Gasteiger partial charge on any atom is -0.376 e. The zero-order valence-corrected chi connectivity index (χ0v) is 9.41. The minimum atomic E-state index is 0.479. The Hall–Kier alpha value is -1.25. The lowest BCUT2D eigenvalue weighted by Gasteiger charge is -2.14. The lowest BCUT2D eigenvalue weighted by molar-refractivity contribution is 0.759. The molecular weight excluding hydrogens is 174 g/mol. The average Bonchev–Trinajstić information content (AvgIpc) is 2.18. The molecule has 3 nitrogen and oxygen atoms in total. The van der Waals surface area contributed by atoms with Crippen molar-refractivity contribution >= 4 is 11.5 Å². The van der Waals surface area contributed by atoms with E-state index in [4.69, 9.17) is 0 Å². The molecule has 14 heavy (non-hydrogen) atoms. The number of nitrogens with zero attached hydrogens (tertiary/aromatic N) is 2. The Bertz CT molecular complexity index is 266. The molecule has 1 rings (SSSR count). The number of aromatic nitrogens is 1. The van der Waals surface area contributed by atoms with Crippen molar-refractivity contribution < 1.29 is 0 Å². The minimum absolute atomic E-state index is 0.479. The van der Waals surface area contributed by atoms with Gasteiger partial charge in [-0.25, -0.2) is 4.98 Å². The van der Waals surface area contributed by atoms with Gasteiger partial charge in [-0.2, -0.15) is 0 Å². The fourth-order valence-electron chi connectivity index (χ4n) is 1.09. The highest BCUT2D eigenvalue weighted by Crippen LogP contribution is 2.13. The molecule has 1 heterocycles. The lowest BCUT2D eigenvalue weighted by Crippen LogP contribution is -2.15. The van der Waals surface area contributed by atoms with E-state index in [0.29, 0.717) is 6.04 Å². The molecule has 78 valence electrons. The molecule has 1 aromatic rings. The summed E-state index contributed by atoms with van der Waals surface area (Å²) in [6.45, 7) is 4.31. The van der Waals surface area contributed by atoms with Crippen LogP contribution in [-0.4, -0.2) is 25.1 Å². The third kappa shape index (κ3) is 2.91. The van der Waals surface area contributed by atoms with Gasteiger partial charge in [-0.15, -0.1) is 0 Å². The monoisotopic (exact) mass is 193 g/mol. The number of hydrogen-bond acceptors (Lipinski definition) is 3. The maximum absolute atomic E-state index is 4.34. The van der Waals surface area contributed by atoms with Gasteiger partial charge in [0.25, 0.3) is 0 Å². The average molecular weight is 193 g/mol. The summed E-state index contributed by atoms with van der Waals surface area (Å²) in [7, 11) is 4.03. The zero-order valence-electron chi connectivity index (χ0n) is 9.41. The van der Waals surface area contributed by atoms with Crippen molar-refractivity contribution in [3.8, 4) is 0 Å². The molecule has 1 atom stereocenters. The van der Waals surface area contributed by atoms with Crippen LogP contribution in [0.25, 0.3) is 0 Å². The van der Waals surface area contributed by atoms with Crippen molar-refractivity contribution in [1.29, 1.82) is 0 Å². The van der Waals surface area contributed by atoms with Crippen LogP contribution in [0.3, 0.4) is 0 Å². The second-order valence-electron chi connectivity index (χ2n) is 3.75. The van der Waals surface area contributed by atoms with Crippen LogP contribution in [0.5, 0.6) is 0 Å². The van der Waals surface area contributed by atoms with Crippen LogP contribution in [-0.2, 0) is 0 Å². The smallest absolute Gasteiger partial charge is 0.126 e. The molecule has 3 heteroatoms. The number of anilines is 2. The van der Waals surface area contributed by atoms with E-state index < -0.39 is 0 Å². The van der Waals surface area contributed by atoms with E-state index in [1.807, 2.05) is 31.3 Å². The Morgan fingerprint density at radius 2 is 2.14 bits per heavy atom. The first-order valence-electron chi connectivity index (χ1n) is 5.03. The Kier molecular flexibility index (Phi) is 3.74. The number of nitrogens with one attached hydrogen (secondary N) is 1. The first-order chi connectivity index (χ1) is 6.63. The number of hydrogen-bond donors (Lipinski definition) is 1. The third-order valence-electron chi connectivity index (χ3n) is 2.27. The summed E-state index contributed by atoms with van der Waals surface area (Å²) in [5, 5.41) is 3.33. The van der Waals surface area contributed by atoms with Gasteiger partial charge in [0.05, 0.1) is 11.9 Å². The highest BCUT2D eigenvalue weighted by atomic mass is 15.1. The molecule has 1 N–H and O–H groups in total. The fourth-order valence-corrected chi connectivity index (χ4v) is 1.09. The summed E-state index contributed by atoms with van der Waals surface area (Å²) >= 11 is 0. The number of pyridine rings is 1. The molecule has 0 amide bonds. The maximum Gasteiger partial charge on any atom is 0.126 e. The topological polar surface area (TPSA) is 28.2 Å². The van der Waals surface area contributed by atoms with Gasteiger partial charge in [0.2, 0.25) is 0 Å². The van der Waals surface area contributed by atoms with Crippen molar-refractivity contribution in [2.75, 3.05) is 24.3 Å². The third-order valence-corrected chi connectivity index (χ3v) is 2.27. The van der Waals surface area contributed by atoms with E-state index in [0.717, 1.165) is 17.9 Å². The summed E-state index contributed by atoms with van der Waals surface area (Å²) in [4.78, 5) is 6.38. The summed E-state index contributed by atoms with van der Waals surface area (Å²) in [5.41, 5.74) is 1.12. The first kappa shape index (κ1) is 10.8. The summed E-state index contributed by atoms with van der Waals surface area (Å²) < 4.78 is 0. The molecule has 0 aliphatic carbocycles. The molecule has 1 unspecified atom stereocenters. The van der Waals surface area contributed by atoms with Crippen LogP contribution in [0.2, 0.25) is 0 Å². The molecule has 0 aliphatic heterocycles. The van der Waals surface area contributed by atoms with E-state index in [-0.39, 0.29) is 0 Å². The van der Waals surface area contributed by atoms with Crippen molar-refractivity contribution in [2.24, 2.45) is 0 Å². The summed E-state index contributed by atoms with van der Waals surface area (Å²) in [6.07, 6.45) is 2.99. The van der Waals surface area contributed by atoms with Gasteiger partial charge in [-0.3, -0.25) is 0 Å². The van der Waals surface area contributed by atoms with E-state index in [1.165, 1.54) is 0 Å². The fraction of sp³-hybridized carbons (Fsp3) is 0.545. The predicted molar refractivity (Wildman–Crippen MR) is 61.9 cm³/mol. The molecule has 0 spiro atoms. The Morgan fingerprint density at radius 1 is 1.43 bits per heavy atom. The quantitative estimate of drug-likeness (QED) is 0.795. The highest BCUT2D eigenvalue weighted by molar-refractivity contribution is 5.48. The predicted octanol–water partition coefficient (Wildman–Crippen LogP) is 2.36. The Labute approximate surface area is 86.2 Å². The Balaban J connectivity index is 2.64. The standard InChI is InChI=1S/C11H19N3/c1-5-9(2)13-11-7-6-10(8-12-11)14(3)4/h6-9H,5H2,1-4H3,(H,12,13). The van der Waals surface area contributed by atoms with Gasteiger partial charge in [-0.05, 0) is 25.5 Å². The normalized spacial score (nSPS) is 12.3. The van der Waals surface area contributed by atoms with Crippen molar-refractivity contribution in [3.05, 3.63) is 18.3 Å². The SMILES string of the molecule is CCC(C)Nc1ccc(N(C)C)cn1. The van der Waals surface area contributed by atoms with Crippen molar-refractivity contribution in [3.63, 3.8) is 0 Å². The molecule has 0 bridgehead atoms. The van der Waals surface area contributed by atoms with Crippen LogP contribution in [0, 0.1) is 0 Å². The zero-order chi connectivity index (χ0) is 10.6. The lowest BCUT2D eigenvalue weighted by atomic mass is 10.2. The van der Waals surface area contributed by atoms with Crippen LogP contribution in [0.4, 0.5) is 11.5 Å². The number of rotatable bonds is 4. The highest BCUT2D eigenvalue weighted by Gasteiger charge is 2.00. The van der Waals surface area contributed by atoms with Gasteiger partial charge in [-0.1, -0.05) is 6.92 Å². The molecule has 0 aromatic carbocycles. The largest absolute Gasteiger partial charge is 0.376 e. The molecule has 0 saturated carbocycles. The summed E-state index contributed by atoms with van der Waals surface area (Å²) in [6, 6.07) is 4.56. The van der Waals surface area contributed by atoms with Gasteiger partial charge in [0.15, 0.2) is 0 Å². The maximum atomic E-state index is 4.34. The van der Waals surface area contributed by atoms with Gasteiger partial charge in [0.1, 0.15) is 5.82 Å². The van der Waals surface area contributed by atoms with Crippen molar-refractivity contribution in [1.82, 2.24) is 4.98 Å². The van der Waals surface area contributed by atoms with Crippen LogP contribution >= 0.6 is 0 Å². The van der Waals surface area contributed by atoms with Crippen LogP contribution in [0.1, 0.15) is 20.3 Å². The molecule has 1 aromatic heterocycles. The second kappa shape index (κ2) is 4.84. The van der Waals surface area contributed by atoms with E-state index in [2.05, 4.69) is 30.2 Å². The van der Waals surface area contributed by atoms with Gasteiger partial charge < -0.3 is 10.2 Å². The molecule has 0 radical (unpaired) electrons. The van der Waals surface area contributed by atoms with Crippen LogP contribution < -0.4 is 10.2 Å².